The summed E-state index contributed by atoms with van der Waals surface area (Å²) in [5.74, 6) is 0. The SMILES string of the molecule is Sc1ccc2[nH]c3ccncc3c2c1. The van der Waals surface area contributed by atoms with Crippen molar-refractivity contribution in [3.8, 4) is 0 Å². The quantitative estimate of drug-likeness (QED) is 0.536. The molecular weight excluding hydrogens is 192 g/mol. The van der Waals surface area contributed by atoms with Gasteiger partial charge in [-0.25, -0.2) is 0 Å². The summed E-state index contributed by atoms with van der Waals surface area (Å²) < 4.78 is 0. The molecular formula is C11H8N2S. The number of benzene rings is 1. The minimum absolute atomic E-state index is 0.974. The molecule has 1 aromatic carbocycles. The number of nitrogens with zero attached hydrogens (tertiary/aromatic N) is 1. The highest BCUT2D eigenvalue weighted by Crippen LogP contribution is 2.26. The van der Waals surface area contributed by atoms with Gasteiger partial charge < -0.3 is 4.98 Å². The maximum absolute atomic E-state index is 4.33. The average molecular weight is 200 g/mol. The molecule has 3 rings (SSSR count). The molecule has 0 saturated heterocycles. The lowest BCUT2D eigenvalue weighted by Gasteiger charge is -1.91. The summed E-state index contributed by atoms with van der Waals surface area (Å²) in [7, 11) is 0. The molecule has 0 aliphatic heterocycles. The topological polar surface area (TPSA) is 28.7 Å². The van der Waals surface area contributed by atoms with E-state index in [0.717, 1.165) is 21.3 Å². The van der Waals surface area contributed by atoms with E-state index < -0.39 is 0 Å². The Labute approximate surface area is 86.4 Å². The standard InChI is InChI=1S/C11H8N2S/c14-7-1-2-10-8(5-7)9-6-12-4-3-11(9)13-10/h1-6,13-14H. The molecule has 0 bridgehead atoms. The fourth-order valence-electron chi connectivity index (χ4n) is 1.73. The van der Waals surface area contributed by atoms with Crippen molar-refractivity contribution in [2.24, 2.45) is 0 Å². The lowest BCUT2D eigenvalue weighted by atomic mass is 10.2. The van der Waals surface area contributed by atoms with Gasteiger partial charge in [-0.2, -0.15) is 0 Å². The average Bonchev–Trinajstić information content (AvgIpc) is 2.56. The van der Waals surface area contributed by atoms with E-state index in [4.69, 9.17) is 0 Å². The predicted octanol–water partition coefficient (Wildman–Crippen LogP) is 3.00. The van der Waals surface area contributed by atoms with Crippen LogP contribution in [0.3, 0.4) is 0 Å². The molecule has 0 radical (unpaired) electrons. The van der Waals surface area contributed by atoms with E-state index in [2.05, 4.69) is 28.7 Å². The first-order chi connectivity index (χ1) is 6.84. The molecule has 0 amide bonds. The minimum Gasteiger partial charge on any atom is -0.354 e. The Balaban J connectivity index is 2.58. The summed E-state index contributed by atoms with van der Waals surface area (Å²) in [5.41, 5.74) is 2.25. The van der Waals surface area contributed by atoms with Crippen LogP contribution in [0.25, 0.3) is 21.8 Å². The van der Waals surface area contributed by atoms with Crippen LogP contribution in [-0.4, -0.2) is 9.97 Å². The zero-order valence-corrected chi connectivity index (χ0v) is 8.25. The van der Waals surface area contributed by atoms with Gasteiger partial charge in [-0.1, -0.05) is 0 Å². The fourth-order valence-corrected chi connectivity index (χ4v) is 1.93. The van der Waals surface area contributed by atoms with Crippen molar-refractivity contribution in [2.75, 3.05) is 0 Å². The Kier molecular flexibility index (Phi) is 1.55. The monoisotopic (exact) mass is 200 g/mol. The Hall–Kier alpha value is -1.48. The van der Waals surface area contributed by atoms with Crippen molar-refractivity contribution in [2.45, 2.75) is 4.90 Å². The van der Waals surface area contributed by atoms with Gasteiger partial charge in [0.05, 0.1) is 0 Å². The molecule has 1 N–H and O–H groups in total. The number of aromatic nitrogens is 2. The van der Waals surface area contributed by atoms with Crippen molar-refractivity contribution in [1.29, 1.82) is 0 Å². The van der Waals surface area contributed by atoms with Crippen LogP contribution < -0.4 is 0 Å². The lowest BCUT2D eigenvalue weighted by Crippen LogP contribution is -1.69. The first kappa shape index (κ1) is 7.88. The van der Waals surface area contributed by atoms with Crippen LogP contribution >= 0.6 is 12.6 Å². The largest absolute Gasteiger partial charge is 0.354 e. The molecule has 0 aliphatic rings. The van der Waals surface area contributed by atoms with Crippen LogP contribution in [0.4, 0.5) is 0 Å². The summed E-state index contributed by atoms with van der Waals surface area (Å²) in [4.78, 5) is 8.43. The van der Waals surface area contributed by atoms with Crippen molar-refractivity contribution >= 4 is 34.4 Å². The normalized spacial score (nSPS) is 11.2. The second-order valence-electron chi connectivity index (χ2n) is 3.28. The molecule has 14 heavy (non-hydrogen) atoms. The van der Waals surface area contributed by atoms with Gasteiger partial charge in [0.2, 0.25) is 0 Å². The first-order valence-electron chi connectivity index (χ1n) is 4.39. The van der Waals surface area contributed by atoms with Gasteiger partial charge in [0.25, 0.3) is 0 Å². The van der Waals surface area contributed by atoms with Gasteiger partial charge in [-0.3, -0.25) is 4.98 Å². The molecule has 0 spiro atoms. The van der Waals surface area contributed by atoms with E-state index in [9.17, 15) is 0 Å². The summed E-state index contributed by atoms with van der Waals surface area (Å²) in [6.45, 7) is 0. The molecule has 0 unspecified atom stereocenters. The molecule has 2 heterocycles. The van der Waals surface area contributed by atoms with Crippen LogP contribution in [0.5, 0.6) is 0 Å². The molecule has 2 nitrogen and oxygen atoms in total. The maximum atomic E-state index is 4.33. The molecule has 0 saturated carbocycles. The van der Waals surface area contributed by atoms with E-state index in [1.165, 1.54) is 5.39 Å². The number of nitrogens with one attached hydrogen (secondary N) is 1. The van der Waals surface area contributed by atoms with E-state index in [-0.39, 0.29) is 0 Å². The second kappa shape index (κ2) is 2.75. The second-order valence-corrected chi connectivity index (χ2v) is 3.79. The highest BCUT2D eigenvalue weighted by Gasteiger charge is 2.02. The van der Waals surface area contributed by atoms with Gasteiger partial charge in [0.15, 0.2) is 0 Å². The lowest BCUT2D eigenvalue weighted by molar-refractivity contribution is 1.36. The number of H-pyrrole nitrogens is 1. The van der Waals surface area contributed by atoms with Crippen LogP contribution in [-0.2, 0) is 0 Å². The predicted molar refractivity (Wildman–Crippen MR) is 60.9 cm³/mol. The smallest absolute Gasteiger partial charge is 0.0495 e. The molecule has 0 atom stereocenters. The Morgan fingerprint density at radius 1 is 1.07 bits per heavy atom. The Bertz CT molecular complexity index is 613. The highest BCUT2D eigenvalue weighted by molar-refractivity contribution is 7.80. The number of hydrogen-bond acceptors (Lipinski definition) is 2. The van der Waals surface area contributed by atoms with E-state index >= 15 is 0 Å². The third-order valence-electron chi connectivity index (χ3n) is 2.38. The number of aromatic amines is 1. The number of hydrogen-bond donors (Lipinski definition) is 2. The minimum atomic E-state index is 0.974. The summed E-state index contributed by atoms with van der Waals surface area (Å²) in [6.07, 6.45) is 3.67. The van der Waals surface area contributed by atoms with Crippen molar-refractivity contribution in [3.05, 3.63) is 36.7 Å². The van der Waals surface area contributed by atoms with Crippen LogP contribution in [0.1, 0.15) is 0 Å². The third kappa shape index (κ3) is 1.02. The molecule has 3 aromatic rings. The highest BCUT2D eigenvalue weighted by atomic mass is 32.1. The molecule has 0 aliphatic carbocycles. The number of fused-ring (bicyclic) bond motifs is 3. The van der Waals surface area contributed by atoms with Gasteiger partial charge >= 0.3 is 0 Å². The number of thiol groups is 1. The van der Waals surface area contributed by atoms with Crippen molar-refractivity contribution in [1.82, 2.24) is 9.97 Å². The fraction of sp³-hybridized carbons (Fsp3) is 0. The molecule has 0 fully saturated rings. The Morgan fingerprint density at radius 3 is 2.86 bits per heavy atom. The van der Waals surface area contributed by atoms with Crippen molar-refractivity contribution < 1.29 is 0 Å². The van der Waals surface area contributed by atoms with E-state index in [1.54, 1.807) is 6.20 Å². The summed E-state index contributed by atoms with van der Waals surface area (Å²) in [5, 5.41) is 2.33. The molecule has 68 valence electrons. The van der Waals surface area contributed by atoms with Crippen LogP contribution in [0, 0.1) is 0 Å². The molecule has 2 aromatic heterocycles. The number of rotatable bonds is 0. The molecule has 3 heteroatoms. The van der Waals surface area contributed by atoms with Crippen LogP contribution in [0.2, 0.25) is 0 Å². The van der Waals surface area contributed by atoms with Gasteiger partial charge in [-0.05, 0) is 24.3 Å². The number of pyridine rings is 1. The van der Waals surface area contributed by atoms with Crippen molar-refractivity contribution in [3.63, 3.8) is 0 Å². The maximum Gasteiger partial charge on any atom is 0.0495 e. The summed E-state index contributed by atoms with van der Waals surface area (Å²) >= 11 is 4.33. The Morgan fingerprint density at radius 2 is 1.93 bits per heavy atom. The zero-order chi connectivity index (χ0) is 9.54. The van der Waals surface area contributed by atoms with E-state index in [0.29, 0.717) is 0 Å². The summed E-state index contributed by atoms with van der Waals surface area (Å²) in [6, 6.07) is 8.05. The van der Waals surface area contributed by atoms with Gasteiger partial charge in [-0.15, -0.1) is 12.6 Å². The zero-order valence-electron chi connectivity index (χ0n) is 7.36. The van der Waals surface area contributed by atoms with Gasteiger partial charge in [0, 0.05) is 39.1 Å². The third-order valence-corrected chi connectivity index (χ3v) is 2.66. The van der Waals surface area contributed by atoms with E-state index in [1.807, 2.05) is 24.4 Å². The van der Waals surface area contributed by atoms with Gasteiger partial charge in [0.1, 0.15) is 0 Å². The van der Waals surface area contributed by atoms with Crippen LogP contribution in [0.15, 0.2) is 41.6 Å². The first-order valence-corrected chi connectivity index (χ1v) is 4.84.